The lowest BCUT2D eigenvalue weighted by Crippen LogP contribution is -2.58. The first-order valence-corrected chi connectivity index (χ1v) is 10.9. The molecule has 2 N–H and O–H groups in total. The summed E-state index contributed by atoms with van der Waals surface area (Å²) in [6, 6.07) is 10.0. The van der Waals surface area contributed by atoms with Crippen molar-refractivity contribution in [2.45, 2.75) is 39.0 Å². The Morgan fingerprint density at radius 1 is 1.19 bits per heavy atom. The smallest absolute Gasteiger partial charge is 0.224 e. The fourth-order valence-electron chi connectivity index (χ4n) is 4.56. The first-order chi connectivity index (χ1) is 15.1. The van der Waals surface area contributed by atoms with Crippen LogP contribution in [0.3, 0.4) is 0 Å². The van der Waals surface area contributed by atoms with E-state index in [9.17, 15) is 9.59 Å². The van der Waals surface area contributed by atoms with Gasteiger partial charge in [0, 0.05) is 32.6 Å². The average Bonchev–Trinajstić information content (AvgIpc) is 3.23. The number of piperidine rings is 3. The quantitative estimate of drug-likeness (QED) is 0.576. The topological polar surface area (TPSA) is 101 Å². The molecule has 9 nitrogen and oxygen atoms in total. The highest BCUT2D eigenvalue weighted by atomic mass is 16.5. The number of ether oxygens (including phenoxy) is 1. The van der Waals surface area contributed by atoms with Gasteiger partial charge < -0.3 is 15.4 Å². The van der Waals surface area contributed by atoms with Gasteiger partial charge in [-0.3, -0.25) is 19.2 Å². The van der Waals surface area contributed by atoms with Gasteiger partial charge in [0.2, 0.25) is 11.8 Å². The molecule has 0 radical (unpaired) electrons. The standard InChI is InChI=1S/C22H30N6O3/c1-16(29)23-8-9-24-22(30)21-14-27-10-7-17(21)11-19(27)13-28-12-18(25-26-28)15-31-20-5-3-2-4-6-20/h2-6,12,17,19,21H,7-11,13-15H2,1H3,(H,23,29)(H,24,30)/t17-,19-,21-/m1/s1. The third kappa shape index (κ3) is 5.61. The van der Waals surface area contributed by atoms with Crippen LogP contribution in [0.5, 0.6) is 5.75 Å². The maximum atomic E-state index is 12.6. The Hall–Kier alpha value is -2.94. The van der Waals surface area contributed by atoms with Crippen molar-refractivity contribution in [2.24, 2.45) is 11.8 Å². The molecule has 2 aromatic rings. The lowest BCUT2D eigenvalue weighted by molar-refractivity contribution is -0.133. The van der Waals surface area contributed by atoms with Crippen LogP contribution < -0.4 is 15.4 Å². The summed E-state index contributed by atoms with van der Waals surface area (Å²) in [5.74, 6) is 1.24. The number of carbonyl (C=O) groups is 2. The summed E-state index contributed by atoms with van der Waals surface area (Å²) >= 11 is 0. The van der Waals surface area contributed by atoms with Gasteiger partial charge in [-0.1, -0.05) is 23.4 Å². The van der Waals surface area contributed by atoms with E-state index in [1.807, 2.05) is 41.2 Å². The number of fused-ring (bicyclic) bond motifs is 3. The number of benzene rings is 1. The van der Waals surface area contributed by atoms with Gasteiger partial charge in [0.05, 0.1) is 18.7 Å². The van der Waals surface area contributed by atoms with E-state index in [1.54, 1.807) is 0 Å². The number of carbonyl (C=O) groups excluding carboxylic acids is 2. The predicted molar refractivity (Wildman–Crippen MR) is 114 cm³/mol. The van der Waals surface area contributed by atoms with E-state index in [0.29, 0.717) is 31.7 Å². The van der Waals surface area contributed by atoms with Crippen molar-refractivity contribution in [1.82, 2.24) is 30.5 Å². The average molecular weight is 427 g/mol. The largest absolute Gasteiger partial charge is 0.487 e. The van der Waals surface area contributed by atoms with Crippen LogP contribution in [0, 0.1) is 11.8 Å². The molecular formula is C22H30N6O3. The van der Waals surface area contributed by atoms with Crippen LogP contribution in [0.2, 0.25) is 0 Å². The minimum atomic E-state index is -0.0807. The monoisotopic (exact) mass is 426 g/mol. The molecule has 9 heteroatoms. The first-order valence-electron chi connectivity index (χ1n) is 10.9. The fourth-order valence-corrected chi connectivity index (χ4v) is 4.56. The highest BCUT2D eigenvalue weighted by molar-refractivity contribution is 5.79. The zero-order chi connectivity index (χ0) is 21.6. The minimum absolute atomic E-state index is 0.0212. The molecule has 3 fully saturated rings. The molecular weight excluding hydrogens is 396 g/mol. The number of rotatable bonds is 9. The van der Waals surface area contributed by atoms with Gasteiger partial charge in [0.1, 0.15) is 18.1 Å². The second-order valence-corrected chi connectivity index (χ2v) is 8.35. The summed E-state index contributed by atoms with van der Waals surface area (Å²) in [5, 5.41) is 14.2. The summed E-state index contributed by atoms with van der Waals surface area (Å²) in [6.07, 6.45) is 3.98. The van der Waals surface area contributed by atoms with Crippen LogP contribution in [-0.4, -0.2) is 63.9 Å². The third-order valence-electron chi connectivity index (χ3n) is 6.13. The zero-order valence-electron chi connectivity index (χ0n) is 17.9. The van der Waals surface area contributed by atoms with Crippen molar-refractivity contribution in [3.05, 3.63) is 42.2 Å². The fraction of sp³-hybridized carbons (Fsp3) is 0.545. The summed E-state index contributed by atoms with van der Waals surface area (Å²) in [5.41, 5.74) is 0.802. The maximum absolute atomic E-state index is 12.6. The molecule has 4 heterocycles. The number of hydrogen-bond donors (Lipinski definition) is 2. The molecule has 1 aromatic heterocycles. The van der Waals surface area contributed by atoms with E-state index >= 15 is 0 Å². The Morgan fingerprint density at radius 3 is 2.74 bits per heavy atom. The first kappa shape index (κ1) is 21.3. The van der Waals surface area contributed by atoms with Gasteiger partial charge in [0.15, 0.2) is 0 Å². The van der Waals surface area contributed by atoms with E-state index in [-0.39, 0.29) is 17.7 Å². The second kappa shape index (κ2) is 9.91. The number of hydrogen-bond acceptors (Lipinski definition) is 6. The van der Waals surface area contributed by atoms with E-state index in [0.717, 1.165) is 43.9 Å². The Morgan fingerprint density at radius 2 is 2.00 bits per heavy atom. The Bertz CT molecular complexity index is 886. The van der Waals surface area contributed by atoms with Crippen LogP contribution in [0.15, 0.2) is 36.5 Å². The van der Waals surface area contributed by atoms with Crippen molar-refractivity contribution in [2.75, 3.05) is 26.2 Å². The van der Waals surface area contributed by atoms with Crippen LogP contribution >= 0.6 is 0 Å². The van der Waals surface area contributed by atoms with Crippen LogP contribution in [0.25, 0.3) is 0 Å². The highest BCUT2D eigenvalue weighted by Gasteiger charge is 2.43. The SMILES string of the molecule is CC(=O)NCCNC(=O)[C@@H]1CN2CC[C@@H]1C[C@@H]2Cn1cc(COc2ccccc2)nn1. The minimum Gasteiger partial charge on any atom is -0.487 e. The molecule has 31 heavy (non-hydrogen) atoms. The van der Waals surface area contributed by atoms with E-state index < -0.39 is 0 Å². The van der Waals surface area contributed by atoms with Crippen molar-refractivity contribution < 1.29 is 14.3 Å². The highest BCUT2D eigenvalue weighted by Crippen LogP contribution is 2.36. The van der Waals surface area contributed by atoms with Gasteiger partial charge in [-0.2, -0.15) is 0 Å². The number of aromatic nitrogens is 3. The molecule has 4 atom stereocenters. The number of nitrogens with one attached hydrogen (secondary N) is 2. The van der Waals surface area contributed by atoms with Crippen molar-refractivity contribution in [3.63, 3.8) is 0 Å². The van der Waals surface area contributed by atoms with E-state index in [1.165, 1.54) is 6.92 Å². The van der Waals surface area contributed by atoms with Crippen molar-refractivity contribution in [3.8, 4) is 5.75 Å². The van der Waals surface area contributed by atoms with Crippen molar-refractivity contribution in [1.29, 1.82) is 0 Å². The molecule has 3 saturated heterocycles. The predicted octanol–water partition coefficient (Wildman–Crippen LogP) is 0.820. The zero-order valence-corrected chi connectivity index (χ0v) is 17.9. The molecule has 0 spiro atoms. The van der Waals surface area contributed by atoms with Gasteiger partial charge in [0.25, 0.3) is 0 Å². The Labute approximate surface area is 182 Å². The molecule has 1 aromatic carbocycles. The molecule has 2 amide bonds. The molecule has 3 aliphatic rings. The van der Waals surface area contributed by atoms with Gasteiger partial charge in [-0.05, 0) is 37.4 Å². The Balaban J connectivity index is 1.25. The number of para-hydroxylation sites is 1. The number of nitrogens with zero attached hydrogens (tertiary/aromatic N) is 4. The van der Waals surface area contributed by atoms with Crippen LogP contribution in [0.1, 0.15) is 25.5 Å². The number of amides is 2. The summed E-state index contributed by atoms with van der Waals surface area (Å²) in [4.78, 5) is 25.9. The van der Waals surface area contributed by atoms with Crippen LogP contribution in [0.4, 0.5) is 0 Å². The van der Waals surface area contributed by atoms with Crippen LogP contribution in [-0.2, 0) is 22.7 Å². The molecule has 2 bridgehead atoms. The maximum Gasteiger partial charge on any atom is 0.224 e. The van der Waals surface area contributed by atoms with Gasteiger partial charge >= 0.3 is 0 Å². The normalized spacial score (nSPS) is 24.5. The molecule has 5 rings (SSSR count). The third-order valence-corrected chi connectivity index (χ3v) is 6.13. The molecule has 1 unspecified atom stereocenters. The molecule has 3 aliphatic heterocycles. The molecule has 166 valence electrons. The van der Waals surface area contributed by atoms with Crippen molar-refractivity contribution >= 4 is 11.8 Å². The lowest BCUT2D eigenvalue weighted by atomic mass is 9.75. The Kier molecular flexibility index (Phi) is 6.81. The lowest BCUT2D eigenvalue weighted by Gasteiger charge is -2.49. The summed E-state index contributed by atoms with van der Waals surface area (Å²) in [7, 11) is 0. The molecule has 0 aliphatic carbocycles. The summed E-state index contributed by atoms with van der Waals surface area (Å²) < 4.78 is 7.63. The van der Waals surface area contributed by atoms with E-state index in [2.05, 4.69) is 25.8 Å². The van der Waals surface area contributed by atoms with Gasteiger partial charge in [-0.25, -0.2) is 0 Å². The summed E-state index contributed by atoms with van der Waals surface area (Å²) in [6.45, 7) is 5.37. The van der Waals surface area contributed by atoms with E-state index in [4.69, 9.17) is 4.74 Å². The second-order valence-electron chi connectivity index (χ2n) is 8.35. The van der Waals surface area contributed by atoms with Gasteiger partial charge in [-0.15, -0.1) is 5.10 Å². The molecule has 0 saturated carbocycles.